The summed E-state index contributed by atoms with van der Waals surface area (Å²) in [5.41, 5.74) is 1.54. The Bertz CT molecular complexity index is 781. The Morgan fingerprint density at radius 3 is 2.50 bits per heavy atom. The van der Waals surface area contributed by atoms with E-state index in [0.29, 0.717) is 11.4 Å². The minimum absolute atomic E-state index is 0.0418. The maximum atomic E-state index is 13.1. The van der Waals surface area contributed by atoms with Crippen molar-refractivity contribution in [2.75, 3.05) is 0 Å². The van der Waals surface area contributed by atoms with Crippen LogP contribution in [0.15, 0.2) is 30.3 Å². The number of aryl methyl sites for hydroxylation is 1. The number of carboxylic acid groups (broad SMARTS) is 1. The summed E-state index contributed by atoms with van der Waals surface area (Å²) in [5, 5.41) is 13.5. The molecule has 0 spiro atoms. The summed E-state index contributed by atoms with van der Waals surface area (Å²) in [5.74, 6) is -1.78. The van der Waals surface area contributed by atoms with E-state index in [4.69, 9.17) is 0 Å². The molecule has 1 saturated carbocycles. The van der Waals surface area contributed by atoms with E-state index in [1.165, 1.54) is 24.0 Å². The molecular weight excluding hydrogens is 313 g/mol. The number of aliphatic carboxylic acids is 1. The first kappa shape index (κ1) is 16.2. The van der Waals surface area contributed by atoms with Crippen LogP contribution in [0.25, 0.3) is 5.69 Å². The van der Waals surface area contributed by atoms with E-state index in [2.05, 4.69) is 5.10 Å². The maximum Gasteiger partial charge on any atom is 0.326 e. The molecule has 1 aliphatic carbocycles. The molecule has 3 rings (SSSR count). The quantitative estimate of drug-likeness (QED) is 0.913. The van der Waals surface area contributed by atoms with Crippen molar-refractivity contribution in [2.45, 2.75) is 38.8 Å². The van der Waals surface area contributed by atoms with Gasteiger partial charge in [0, 0.05) is 11.7 Å². The van der Waals surface area contributed by atoms with Crippen molar-refractivity contribution in [3.63, 3.8) is 0 Å². The minimum atomic E-state index is -1.04. The lowest BCUT2D eigenvalue weighted by atomic mass is 10.2. The van der Waals surface area contributed by atoms with Gasteiger partial charge in [0.1, 0.15) is 11.9 Å². The average molecular weight is 331 g/mol. The third-order valence-corrected chi connectivity index (χ3v) is 4.13. The molecule has 1 fully saturated rings. The fourth-order valence-electron chi connectivity index (χ4n) is 2.68. The highest BCUT2D eigenvalue weighted by Crippen LogP contribution is 2.30. The number of hydrogen-bond acceptors (Lipinski definition) is 3. The van der Waals surface area contributed by atoms with E-state index in [1.807, 2.05) is 0 Å². The Labute approximate surface area is 138 Å². The van der Waals surface area contributed by atoms with Crippen LogP contribution >= 0.6 is 0 Å². The molecule has 7 heteroatoms. The first-order chi connectivity index (χ1) is 11.4. The van der Waals surface area contributed by atoms with E-state index in [9.17, 15) is 19.1 Å². The largest absolute Gasteiger partial charge is 0.480 e. The second-order valence-corrected chi connectivity index (χ2v) is 6.02. The number of aromatic nitrogens is 2. The molecule has 1 N–H and O–H groups in total. The van der Waals surface area contributed by atoms with Crippen molar-refractivity contribution in [3.8, 4) is 5.69 Å². The van der Waals surface area contributed by atoms with Crippen molar-refractivity contribution in [1.29, 1.82) is 0 Å². The highest BCUT2D eigenvalue weighted by Gasteiger charge is 2.39. The molecule has 0 aliphatic heterocycles. The molecule has 0 bridgehead atoms. The number of carbonyl (C=O) groups excluding carboxylic acids is 1. The smallest absolute Gasteiger partial charge is 0.326 e. The van der Waals surface area contributed by atoms with Gasteiger partial charge in [0.25, 0.3) is 5.91 Å². The van der Waals surface area contributed by atoms with Crippen LogP contribution in [0.5, 0.6) is 0 Å². The number of halogens is 1. The monoisotopic (exact) mass is 331 g/mol. The molecule has 0 saturated heterocycles. The van der Waals surface area contributed by atoms with Crippen LogP contribution in [-0.2, 0) is 4.79 Å². The topological polar surface area (TPSA) is 75.4 Å². The summed E-state index contributed by atoms with van der Waals surface area (Å²) >= 11 is 0. The molecule has 1 atom stereocenters. The number of amides is 1. The van der Waals surface area contributed by atoms with Gasteiger partial charge in [-0.3, -0.25) is 4.79 Å². The predicted octanol–water partition coefficient (Wildman–Crippen LogP) is 2.40. The number of rotatable bonds is 5. The predicted molar refractivity (Wildman–Crippen MR) is 84.5 cm³/mol. The molecule has 1 amide bonds. The summed E-state index contributed by atoms with van der Waals surface area (Å²) < 4.78 is 14.6. The minimum Gasteiger partial charge on any atom is -0.480 e. The van der Waals surface area contributed by atoms with Gasteiger partial charge in [-0.1, -0.05) is 0 Å². The molecule has 1 heterocycles. The van der Waals surface area contributed by atoms with Gasteiger partial charge >= 0.3 is 5.97 Å². The van der Waals surface area contributed by atoms with Gasteiger partial charge in [0.2, 0.25) is 0 Å². The van der Waals surface area contributed by atoms with E-state index in [-0.39, 0.29) is 17.6 Å². The third kappa shape index (κ3) is 3.02. The highest BCUT2D eigenvalue weighted by molar-refractivity contribution is 5.95. The lowest BCUT2D eigenvalue weighted by molar-refractivity contribution is -0.141. The molecule has 1 aromatic heterocycles. The lowest BCUT2D eigenvalue weighted by Crippen LogP contribution is -2.44. The zero-order chi connectivity index (χ0) is 17.4. The zero-order valence-electron chi connectivity index (χ0n) is 13.4. The Hall–Kier alpha value is -2.70. The van der Waals surface area contributed by atoms with Crippen molar-refractivity contribution in [1.82, 2.24) is 14.7 Å². The van der Waals surface area contributed by atoms with Gasteiger partial charge in [0.15, 0.2) is 5.69 Å². The second-order valence-electron chi connectivity index (χ2n) is 6.02. The first-order valence-corrected chi connectivity index (χ1v) is 7.76. The fraction of sp³-hybridized carbons (Fsp3) is 0.353. The summed E-state index contributed by atoms with van der Waals surface area (Å²) in [4.78, 5) is 25.4. The number of carboxylic acids is 1. The first-order valence-electron chi connectivity index (χ1n) is 7.76. The maximum absolute atomic E-state index is 13.1. The fourth-order valence-corrected chi connectivity index (χ4v) is 2.68. The Balaban J connectivity index is 1.92. The average Bonchev–Trinajstić information content (AvgIpc) is 3.29. The molecule has 1 unspecified atom stereocenters. The summed E-state index contributed by atoms with van der Waals surface area (Å²) in [6.07, 6.45) is 1.61. The van der Waals surface area contributed by atoms with Gasteiger partial charge < -0.3 is 10.0 Å². The summed E-state index contributed by atoms with van der Waals surface area (Å²) in [6, 6.07) is 6.46. The molecule has 126 valence electrons. The zero-order valence-corrected chi connectivity index (χ0v) is 13.4. The normalized spacial score (nSPS) is 15.1. The molecule has 0 radical (unpaired) electrons. The van der Waals surface area contributed by atoms with Crippen molar-refractivity contribution >= 4 is 11.9 Å². The summed E-state index contributed by atoms with van der Waals surface area (Å²) in [7, 11) is 0. The van der Waals surface area contributed by atoms with Gasteiger partial charge in [-0.25, -0.2) is 13.9 Å². The van der Waals surface area contributed by atoms with Gasteiger partial charge in [-0.2, -0.15) is 5.10 Å². The number of nitrogens with zero attached hydrogens (tertiary/aromatic N) is 3. The van der Waals surface area contributed by atoms with Crippen LogP contribution in [0.4, 0.5) is 4.39 Å². The molecule has 2 aromatic rings. The van der Waals surface area contributed by atoms with E-state index >= 15 is 0 Å². The van der Waals surface area contributed by atoms with Crippen molar-refractivity contribution < 1.29 is 19.1 Å². The summed E-state index contributed by atoms with van der Waals surface area (Å²) in [6.45, 7) is 3.29. The Morgan fingerprint density at radius 1 is 1.33 bits per heavy atom. The Morgan fingerprint density at radius 2 is 1.96 bits per heavy atom. The Kier molecular flexibility index (Phi) is 4.09. The van der Waals surface area contributed by atoms with Gasteiger partial charge in [-0.05, 0) is 57.0 Å². The van der Waals surface area contributed by atoms with Crippen LogP contribution in [0.1, 0.15) is 35.9 Å². The van der Waals surface area contributed by atoms with Crippen LogP contribution in [0.2, 0.25) is 0 Å². The highest BCUT2D eigenvalue weighted by atomic mass is 19.1. The van der Waals surface area contributed by atoms with E-state index < -0.39 is 17.9 Å². The van der Waals surface area contributed by atoms with Crippen molar-refractivity contribution in [3.05, 3.63) is 47.5 Å². The third-order valence-electron chi connectivity index (χ3n) is 4.13. The van der Waals surface area contributed by atoms with Gasteiger partial charge in [0.05, 0.1) is 5.69 Å². The lowest BCUT2D eigenvalue weighted by Gasteiger charge is -2.25. The number of hydrogen-bond donors (Lipinski definition) is 1. The number of benzene rings is 1. The van der Waals surface area contributed by atoms with Crippen LogP contribution < -0.4 is 0 Å². The molecule has 1 aliphatic rings. The standard InChI is InChI=1S/C17H18FN3O3/c1-10-9-15(19-21(10)14-5-3-12(18)4-6-14)16(22)20(13-7-8-13)11(2)17(23)24/h3-6,9,11,13H,7-8H2,1-2H3,(H,23,24). The van der Waals surface area contributed by atoms with Crippen LogP contribution in [0, 0.1) is 12.7 Å². The van der Waals surface area contributed by atoms with Gasteiger partial charge in [-0.15, -0.1) is 0 Å². The molecule has 1 aromatic carbocycles. The molecular formula is C17H18FN3O3. The number of carbonyl (C=O) groups is 2. The SMILES string of the molecule is Cc1cc(C(=O)N(C2CC2)C(C)C(=O)O)nn1-c1ccc(F)cc1. The second kappa shape index (κ2) is 6.07. The van der Waals surface area contributed by atoms with E-state index in [0.717, 1.165) is 12.8 Å². The van der Waals surface area contributed by atoms with Crippen molar-refractivity contribution in [2.24, 2.45) is 0 Å². The van der Waals surface area contributed by atoms with Crippen LogP contribution in [0.3, 0.4) is 0 Å². The molecule has 24 heavy (non-hydrogen) atoms. The molecule has 6 nitrogen and oxygen atoms in total. The van der Waals surface area contributed by atoms with Crippen LogP contribution in [-0.4, -0.2) is 43.7 Å². The van der Waals surface area contributed by atoms with E-state index in [1.54, 1.807) is 29.8 Å².